The number of benzene rings is 2. The molecular weight excluding hydrogens is 322 g/mol. The number of hydrogen-bond donors (Lipinski definition) is 2. The summed E-state index contributed by atoms with van der Waals surface area (Å²) in [7, 11) is 1.45. The molecule has 25 heavy (non-hydrogen) atoms. The lowest BCUT2D eigenvalue weighted by Crippen LogP contribution is -2.30. The van der Waals surface area contributed by atoms with Gasteiger partial charge in [0.25, 0.3) is 5.91 Å². The first-order valence-corrected chi connectivity index (χ1v) is 7.92. The highest BCUT2D eigenvalue weighted by Gasteiger charge is 2.21. The van der Waals surface area contributed by atoms with Gasteiger partial charge in [0.1, 0.15) is 17.1 Å². The topological polar surface area (TPSA) is 84.9 Å². The fourth-order valence-electron chi connectivity index (χ4n) is 2.15. The molecule has 0 aliphatic rings. The molecule has 132 valence electrons. The van der Waals surface area contributed by atoms with Gasteiger partial charge < -0.3 is 19.9 Å². The predicted molar refractivity (Wildman–Crippen MR) is 94.0 cm³/mol. The summed E-state index contributed by atoms with van der Waals surface area (Å²) in [4.78, 5) is 24.3. The van der Waals surface area contributed by atoms with E-state index < -0.39 is 18.0 Å². The van der Waals surface area contributed by atoms with Gasteiger partial charge in [-0.2, -0.15) is 0 Å². The third-order valence-electron chi connectivity index (χ3n) is 3.71. The van der Waals surface area contributed by atoms with Crippen LogP contribution in [0.5, 0.6) is 11.5 Å². The molecule has 6 nitrogen and oxygen atoms in total. The Morgan fingerprint density at radius 3 is 2.44 bits per heavy atom. The number of carbonyl (C=O) groups is 2. The van der Waals surface area contributed by atoms with Crippen molar-refractivity contribution in [2.24, 2.45) is 0 Å². The average molecular weight is 343 g/mol. The second kappa shape index (κ2) is 8.19. The first-order chi connectivity index (χ1) is 11.9. The van der Waals surface area contributed by atoms with Crippen LogP contribution in [0.4, 0.5) is 5.69 Å². The number of aromatic hydroxyl groups is 1. The summed E-state index contributed by atoms with van der Waals surface area (Å²) in [5.74, 6) is -1.10. The van der Waals surface area contributed by atoms with E-state index in [-0.39, 0.29) is 11.3 Å². The summed E-state index contributed by atoms with van der Waals surface area (Å²) in [5, 5.41) is 12.5. The number of nitrogens with one attached hydrogen (secondary N) is 1. The van der Waals surface area contributed by atoms with Gasteiger partial charge in [-0.15, -0.1) is 0 Å². The van der Waals surface area contributed by atoms with E-state index in [4.69, 9.17) is 9.47 Å². The van der Waals surface area contributed by atoms with Crippen LogP contribution in [0.25, 0.3) is 0 Å². The lowest BCUT2D eigenvalue weighted by Gasteiger charge is -2.14. The number of ether oxygens (including phenoxy) is 2. The zero-order valence-corrected chi connectivity index (χ0v) is 14.4. The van der Waals surface area contributed by atoms with Gasteiger partial charge >= 0.3 is 5.97 Å². The first kappa shape index (κ1) is 18.3. The first-order valence-electron chi connectivity index (χ1n) is 7.92. The molecule has 2 N–H and O–H groups in total. The number of amides is 1. The highest BCUT2D eigenvalue weighted by atomic mass is 16.5. The Morgan fingerprint density at radius 1 is 1.16 bits per heavy atom. The molecule has 0 heterocycles. The second-order valence-electron chi connectivity index (χ2n) is 5.47. The molecule has 1 atom stereocenters. The molecule has 2 aromatic carbocycles. The molecule has 0 radical (unpaired) electrons. The van der Waals surface area contributed by atoms with Crippen molar-refractivity contribution < 1.29 is 24.2 Å². The van der Waals surface area contributed by atoms with Crippen molar-refractivity contribution in [3.8, 4) is 11.5 Å². The number of esters is 1. The number of rotatable bonds is 6. The average Bonchev–Trinajstić information content (AvgIpc) is 2.62. The Hall–Kier alpha value is -3.02. The Labute approximate surface area is 146 Å². The van der Waals surface area contributed by atoms with Crippen LogP contribution < -0.4 is 10.1 Å². The highest BCUT2D eigenvalue weighted by molar-refractivity contribution is 5.98. The van der Waals surface area contributed by atoms with Crippen LogP contribution in [0.15, 0.2) is 42.5 Å². The molecule has 0 aliphatic carbocycles. The third-order valence-corrected chi connectivity index (χ3v) is 3.71. The van der Waals surface area contributed by atoms with Gasteiger partial charge in [-0.1, -0.05) is 19.1 Å². The van der Waals surface area contributed by atoms with Gasteiger partial charge in [0.2, 0.25) is 0 Å². The zero-order chi connectivity index (χ0) is 18.4. The van der Waals surface area contributed by atoms with E-state index in [1.807, 2.05) is 19.1 Å². The summed E-state index contributed by atoms with van der Waals surface area (Å²) < 4.78 is 10.1. The lowest BCUT2D eigenvalue weighted by atomic mass is 10.1. The number of hydrogen-bond acceptors (Lipinski definition) is 5. The molecule has 1 amide bonds. The van der Waals surface area contributed by atoms with Crippen LogP contribution in [0.2, 0.25) is 0 Å². The van der Waals surface area contributed by atoms with Crippen molar-refractivity contribution in [2.75, 3.05) is 12.4 Å². The van der Waals surface area contributed by atoms with Crippen molar-refractivity contribution in [1.82, 2.24) is 0 Å². The SMILES string of the molecule is CCc1ccc(NC(=O)[C@@H](C)OC(=O)c2cc(OC)ccc2O)cc1. The Morgan fingerprint density at radius 2 is 1.84 bits per heavy atom. The molecule has 0 aromatic heterocycles. The van der Waals surface area contributed by atoms with Gasteiger partial charge in [0.05, 0.1) is 7.11 Å². The van der Waals surface area contributed by atoms with E-state index in [1.165, 1.54) is 32.2 Å². The molecule has 0 bridgehead atoms. The van der Waals surface area contributed by atoms with E-state index in [0.29, 0.717) is 11.4 Å². The molecular formula is C19H21NO5. The fourth-order valence-corrected chi connectivity index (χ4v) is 2.15. The van der Waals surface area contributed by atoms with Crippen LogP contribution >= 0.6 is 0 Å². The van der Waals surface area contributed by atoms with Gasteiger partial charge in [-0.3, -0.25) is 4.79 Å². The molecule has 6 heteroatoms. The third kappa shape index (κ3) is 4.73. The fraction of sp³-hybridized carbons (Fsp3) is 0.263. The normalized spacial score (nSPS) is 11.5. The molecule has 2 rings (SSSR count). The smallest absolute Gasteiger partial charge is 0.342 e. The minimum atomic E-state index is -1.02. The summed E-state index contributed by atoms with van der Waals surface area (Å²) in [6.07, 6.45) is -0.115. The maximum absolute atomic E-state index is 12.2. The van der Waals surface area contributed by atoms with Crippen molar-refractivity contribution in [3.05, 3.63) is 53.6 Å². The Bertz CT molecular complexity index is 755. The van der Waals surface area contributed by atoms with Crippen LogP contribution in [0, 0.1) is 0 Å². The van der Waals surface area contributed by atoms with E-state index in [1.54, 1.807) is 12.1 Å². The van der Waals surface area contributed by atoms with Gasteiger partial charge in [0, 0.05) is 5.69 Å². The molecule has 0 saturated carbocycles. The summed E-state index contributed by atoms with van der Waals surface area (Å²) in [5.41, 5.74) is 1.71. The summed E-state index contributed by atoms with van der Waals surface area (Å²) >= 11 is 0. The van der Waals surface area contributed by atoms with Crippen LogP contribution in [0.3, 0.4) is 0 Å². The van der Waals surface area contributed by atoms with Crippen molar-refractivity contribution in [1.29, 1.82) is 0 Å². The Kier molecular flexibility index (Phi) is 6.00. The number of methoxy groups -OCH3 is 1. The molecule has 2 aromatic rings. The number of anilines is 1. The van der Waals surface area contributed by atoms with Gasteiger partial charge in [-0.05, 0) is 49.2 Å². The van der Waals surface area contributed by atoms with Crippen LogP contribution in [0.1, 0.15) is 29.8 Å². The van der Waals surface area contributed by atoms with E-state index in [2.05, 4.69) is 5.32 Å². The minimum Gasteiger partial charge on any atom is -0.507 e. The molecule has 0 saturated heterocycles. The monoisotopic (exact) mass is 343 g/mol. The molecule has 0 unspecified atom stereocenters. The maximum Gasteiger partial charge on any atom is 0.342 e. The zero-order valence-electron chi connectivity index (χ0n) is 14.4. The number of carbonyl (C=O) groups excluding carboxylic acids is 2. The van der Waals surface area contributed by atoms with E-state index in [9.17, 15) is 14.7 Å². The number of phenolic OH excluding ortho intramolecular Hbond substituents is 1. The predicted octanol–water partition coefficient (Wildman–Crippen LogP) is 3.15. The summed E-state index contributed by atoms with van der Waals surface area (Å²) in [6.45, 7) is 3.51. The van der Waals surface area contributed by atoms with Gasteiger partial charge in [-0.25, -0.2) is 4.79 Å². The van der Waals surface area contributed by atoms with Crippen molar-refractivity contribution in [2.45, 2.75) is 26.4 Å². The number of phenols is 1. The Balaban J connectivity index is 2.01. The minimum absolute atomic E-state index is 0.0636. The van der Waals surface area contributed by atoms with Gasteiger partial charge in [0.15, 0.2) is 6.10 Å². The lowest BCUT2D eigenvalue weighted by molar-refractivity contribution is -0.123. The molecule has 0 spiro atoms. The van der Waals surface area contributed by atoms with E-state index in [0.717, 1.165) is 12.0 Å². The maximum atomic E-state index is 12.2. The van der Waals surface area contributed by atoms with Crippen LogP contribution in [-0.4, -0.2) is 30.2 Å². The summed E-state index contributed by atoms with van der Waals surface area (Å²) in [6, 6.07) is 11.6. The van der Waals surface area contributed by atoms with E-state index >= 15 is 0 Å². The molecule has 0 aliphatic heterocycles. The van der Waals surface area contributed by atoms with Crippen LogP contribution in [-0.2, 0) is 16.0 Å². The quantitative estimate of drug-likeness (QED) is 0.787. The number of aryl methyl sites for hydroxylation is 1. The largest absolute Gasteiger partial charge is 0.507 e. The van der Waals surface area contributed by atoms with Crippen molar-refractivity contribution in [3.63, 3.8) is 0 Å². The standard InChI is InChI=1S/C19H21NO5/c1-4-13-5-7-14(8-6-13)20-18(22)12(2)25-19(23)16-11-15(24-3)9-10-17(16)21/h5-12,21H,4H2,1-3H3,(H,20,22)/t12-/m1/s1. The molecule has 0 fully saturated rings. The second-order valence-corrected chi connectivity index (χ2v) is 5.47. The highest BCUT2D eigenvalue weighted by Crippen LogP contribution is 2.24. The van der Waals surface area contributed by atoms with Crippen molar-refractivity contribution >= 4 is 17.6 Å².